The van der Waals surface area contributed by atoms with E-state index < -0.39 is 0 Å². The number of hydrogen-bond acceptors (Lipinski definition) is 3. The van der Waals surface area contributed by atoms with Crippen molar-refractivity contribution in [3.8, 4) is 0 Å². The van der Waals surface area contributed by atoms with Crippen LogP contribution in [-0.4, -0.2) is 28.2 Å². The molecule has 2 rings (SSSR count). The molecule has 0 aliphatic heterocycles. The summed E-state index contributed by atoms with van der Waals surface area (Å²) in [6, 6.07) is 2.23. The third-order valence-electron chi connectivity index (χ3n) is 3.22. The van der Waals surface area contributed by atoms with Gasteiger partial charge in [-0.3, -0.25) is 4.79 Å². The quantitative estimate of drug-likeness (QED) is 0.713. The van der Waals surface area contributed by atoms with Gasteiger partial charge in [0.2, 0.25) is 0 Å². The Morgan fingerprint density at radius 2 is 2.39 bits per heavy atom. The highest BCUT2D eigenvalue weighted by Crippen LogP contribution is 2.37. The Balaban J connectivity index is 1.99. The van der Waals surface area contributed by atoms with E-state index >= 15 is 0 Å². The van der Waals surface area contributed by atoms with Gasteiger partial charge in [0.15, 0.2) is 0 Å². The molecule has 0 spiro atoms. The second kappa shape index (κ2) is 5.44. The van der Waals surface area contributed by atoms with E-state index in [0.717, 1.165) is 19.3 Å². The molecule has 18 heavy (non-hydrogen) atoms. The summed E-state index contributed by atoms with van der Waals surface area (Å²) in [4.78, 5) is 12.1. The fraction of sp³-hybridized carbons (Fsp3) is 0.615. The minimum Gasteiger partial charge on any atom is -0.397 e. The maximum Gasteiger partial charge on any atom is 0.268 e. The highest BCUT2D eigenvalue weighted by atomic mass is 16.3. The molecule has 0 aromatic carbocycles. The molecule has 0 saturated heterocycles. The number of aliphatic hydroxyl groups is 1. The lowest BCUT2D eigenvalue weighted by molar-refractivity contribution is 0.0927. The van der Waals surface area contributed by atoms with Gasteiger partial charge < -0.3 is 20.7 Å². The predicted molar refractivity (Wildman–Crippen MR) is 70.4 cm³/mol. The first-order chi connectivity index (χ1) is 8.61. The van der Waals surface area contributed by atoms with Crippen molar-refractivity contribution < 1.29 is 9.90 Å². The van der Waals surface area contributed by atoms with Crippen molar-refractivity contribution in [2.45, 2.75) is 44.7 Å². The monoisotopic (exact) mass is 251 g/mol. The van der Waals surface area contributed by atoms with Gasteiger partial charge in [0.05, 0.1) is 5.69 Å². The molecule has 1 heterocycles. The number of carbonyl (C=O) groups is 1. The number of aromatic nitrogens is 1. The van der Waals surface area contributed by atoms with E-state index in [9.17, 15) is 4.79 Å². The van der Waals surface area contributed by atoms with Crippen molar-refractivity contribution in [2.24, 2.45) is 0 Å². The molecule has 1 aliphatic rings. The molecule has 1 aromatic rings. The lowest BCUT2D eigenvalue weighted by atomic mass is 10.2. The van der Waals surface area contributed by atoms with Gasteiger partial charge in [-0.25, -0.2) is 0 Å². The number of nitrogens with two attached hydrogens (primary N) is 1. The predicted octanol–water partition coefficient (Wildman–Crippen LogP) is 1.30. The zero-order valence-corrected chi connectivity index (χ0v) is 10.7. The van der Waals surface area contributed by atoms with Crippen LogP contribution in [0.3, 0.4) is 0 Å². The molecule has 0 radical (unpaired) electrons. The summed E-state index contributed by atoms with van der Waals surface area (Å²) in [5, 5.41) is 11.7. The number of aliphatic hydroxyl groups excluding tert-OH is 1. The minimum absolute atomic E-state index is 0.0634. The summed E-state index contributed by atoms with van der Waals surface area (Å²) in [5.41, 5.74) is 7.04. The summed E-state index contributed by atoms with van der Waals surface area (Å²) in [6.45, 7) is 2.10. The van der Waals surface area contributed by atoms with E-state index in [-0.39, 0.29) is 18.6 Å². The molecule has 1 unspecified atom stereocenters. The lowest BCUT2D eigenvalue weighted by Crippen LogP contribution is -2.33. The fourth-order valence-corrected chi connectivity index (χ4v) is 2.10. The average Bonchev–Trinajstić information content (AvgIpc) is 3.09. The molecule has 1 saturated carbocycles. The van der Waals surface area contributed by atoms with Crippen LogP contribution in [0.25, 0.3) is 0 Å². The number of rotatable bonds is 6. The Kier molecular flexibility index (Phi) is 3.91. The van der Waals surface area contributed by atoms with E-state index in [4.69, 9.17) is 10.8 Å². The number of carbonyl (C=O) groups excluding carboxylic acids is 1. The molecule has 1 aromatic heterocycles. The largest absolute Gasteiger partial charge is 0.397 e. The molecule has 5 heteroatoms. The van der Waals surface area contributed by atoms with Crippen molar-refractivity contribution >= 4 is 11.6 Å². The van der Waals surface area contributed by atoms with Gasteiger partial charge in [-0.15, -0.1) is 0 Å². The summed E-state index contributed by atoms with van der Waals surface area (Å²) < 4.78 is 1.98. The minimum atomic E-state index is -0.0796. The van der Waals surface area contributed by atoms with Gasteiger partial charge in [0.25, 0.3) is 5.91 Å². The fourth-order valence-electron chi connectivity index (χ4n) is 2.10. The van der Waals surface area contributed by atoms with Crippen LogP contribution in [0.2, 0.25) is 0 Å². The second-order valence-corrected chi connectivity index (χ2v) is 5.04. The molecule has 1 amide bonds. The number of nitrogens with zero attached hydrogens (tertiary/aromatic N) is 1. The number of anilines is 1. The van der Waals surface area contributed by atoms with Crippen LogP contribution in [0.1, 0.15) is 49.1 Å². The van der Waals surface area contributed by atoms with E-state index in [1.165, 1.54) is 0 Å². The topological polar surface area (TPSA) is 80.3 Å². The Morgan fingerprint density at radius 1 is 1.67 bits per heavy atom. The van der Waals surface area contributed by atoms with Crippen LogP contribution < -0.4 is 11.1 Å². The van der Waals surface area contributed by atoms with Gasteiger partial charge in [-0.1, -0.05) is 0 Å². The summed E-state index contributed by atoms with van der Waals surface area (Å²) in [6.07, 6.45) is 5.56. The maximum atomic E-state index is 12.1. The van der Waals surface area contributed by atoms with Gasteiger partial charge >= 0.3 is 0 Å². The SMILES string of the molecule is CC(CCCO)NC(=O)c1cc(N)cn1C1CC1. The standard InChI is InChI=1S/C13H21N3O2/c1-9(3-2-6-17)15-13(18)12-7-10(14)8-16(12)11-4-5-11/h7-9,11,17H,2-6,14H2,1H3,(H,15,18). The Hall–Kier alpha value is -1.49. The zero-order valence-electron chi connectivity index (χ0n) is 10.7. The molecular weight excluding hydrogens is 230 g/mol. The van der Waals surface area contributed by atoms with Crippen LogP contribution in [0.4, 0.5) is 5.69 Å². The maximum absolute atomic E-state index is 12.1. The van der Waals surface area contributed by atoms with Gasteiger partial charge in [0.1, 0.15) is 5.69 Å². The Morgan fingerprint density at radius 3 is 3.00 bits per heavy atom. The normalized spacial score (nSPS) is 16.6. The number of amides is 1. The Bertz CT molecular complexity index is 424. The molecule has 0 bridgehead atoms. The first-order valence-electron chi connectivity index (χ1n) is 6.51. The van der Waals surface area contributed by atoms with Gasteiger partial charge in [-0.2, -0.15) is 0 Å². The van der Waals surface area contributed by atoms with E-state index in [1.54, 1.807) is 6.07 Å². The van der Waals surface area contributed by atoms with Crippen LogP contribution in [0, 0.1) is 0 Å². The third-order valence-corrected chi connectivity index (χ3v) is 3.22. The number of nitrogen functional groups attached to an aromatic ring is 1. The first kappa shape index (κ1) is 13.0. The average molecular weight is 251 g/mol. The van der Waals surface area contributed by atoms with Crippen molar-refractivity contribution in [1.29, 1.82) is 0 Å². The van der Waals surface area contributed by atoms with E-state index in [2.05, 4.69) is 5.32 Å². The van der Waals surface area contributed by atoms with Crippen molar-refractivity contribution in [3.63, 3.8) is 0 Å². The molecule has 1 fully saturated rings. The molecule has 100 valence electrons. The van der Waals surface area contributed by atoms with Crippen LogP contribution in [-0.2, 0) is 0 Å². The van der Waals surface area contributed by atoms with E-state index in [0.29, 0.717) is 23.8 Å². The molecule has 5 nitrogen and oxygen atoms in total. The van der Waals surface area contributed by atoms with Gasteiger partial charge in [-0.05, 0) is 38.7 Å². The van der Waals surface area contributed by atoms with Crippen LogP contribution >= 0.6 is 0 Å². The summed E-state index contributed by atoms with van der Waals surface area (Å²) in [5.74, 6) is -0.0796. The van der Waals surface area contributed by atoms with Gasteiger partial charge in [0, 0.05) is 24.9 Å². The van der Waals surface area contributed by atoms with E-state index in [1.807, 2.05) is 17.7 Å². The molecule has 4 N–H and O–H groups in total. The zero-order chi connectivity index (χ0) is 13.1. The van der Waals surface area contributed by atoms with Crippen molar-refractivity contribution in [2.75, 3.05) is 12.3 Å². The van der Waals surface area contributed by atoms with Crippen molar-refractivity contribution in [1.82, 2.24) is 9.88 Å². The summed E-state index contributed by atoms with van der Waals surface area (Å²) in [7, 11) is 0. The molecular formula is C13H21N3O2. The second-order valence-electron chi connectivity index (χ2n) is 5.04. The number of hydrogen-bond donors (Lipinski definition) is 3. The van der Waals surface area contributed by atoms with Crippen LogP contribution in [0.5, 0.6) is 0 Å². The highest BCUT2D eigenvalue weighted by Gasteiger charge is 2.27. The highest BCUT2D eigenvalue weighted by molar-refractivity contribution is 5.94. The smallest absolute Gasteiger partial charge is 0.268 e. The first-order valence-corrected chi connectivity index (χ1v) is 6.51. The Labute approximate surface area is 107 Å². The molecule has 1 atom stereocenters. The summed E-state index contributed by atoms with van der Waals surface area (Å²) >= 11 is 0. The lowest BCUT2D eigenvalue weighted by Gasteiger charge is -2.14. The third kappa shape index (κ3) is 3.04. The number of nitrogens with one attached hydrogen (secondary N) is 1. The van der Waals surface area contributed by atoms with Crippen LogP contribution in [0.15, 0.2) is 12.3 Å². The molecule has 1 aliphatic carbocycles. The van der Waals surface area contributed by atoms with Crippen molar-refractivity contribution in [3.05, 3.63) is 18.0 Å².